The van der Waals surface area contributed by atoms with Crippen LogP contribution < -0.4 is 0 Å². The van der Waals surface area contributed by atoms with Crippen molar-refractivity contribution in [2.45, 2.75) is 27.7 Å². The smallest absolute Gasteiger partial charge is 0.218 e. The summed E-state index contributed by atoms with van der Waals surface area (Å²) in [5.74, 6) is 0.0926. The lowest BCUT2D eigenvalue weighted by molar-refractivity contribution is -0.126. The molecule has 0 heterocycles. The maximum absolute atomic E-state index is 10.1. The summed E-state index contributed by atoms with van der Waals surface area (Å²) in [6, 6.07) is 0. The van der Waals surface area contributed by atoms with Crippen LogP contribution >= 0.6 is 0 Å². The van der Waals surface area contributed by atoms with Crippen LogP contribution in [-0.4, -0.2) is 44.0 Å². The monoisotopic (exact) mass is 218 g/mol. The van der Waals surface area contributed by atoms with Crippen molar-refractivity contribution >= 4 is 17.9 Å². The average Bonchev–Trinajstić information content (AvgIpc) is 2.05. The molecule has 0 aliphatic heterocycles. The molecule has 0 saturated heterocycles. The van der Waals surface area contributed by atoms with Gasteiger partial charge in [0.15, 0.2) is 0 Å². The van der Waals surface area contributed by atoms with Crippen LogP contribution in [-0.2, 0) is 14.4 Å². The van der Waals surface area contributed by atoms with Crippen LogP contribution in [0.5, 0.6) is 0 Å². The standard InChI is InChI=1S/2C4H9NO.C2H4O/c1-4(6)5(2)3;1-4(2)5-6-3;1-2-3/h2*1-3H3;2H,1H3. The number of rotatable bonds is 1. The molecule has 0 rings (SSSR count). The maximum Gasteiger partial charge on any atom is 0.218 e. The SMILES string of the molecule is CC(=O)N(C)C.CC=O.CON=C(C)C. The molecule has 0 fully saturated rings. The van der Waals surface area contributed by atoms with Gasteiger partial charge in [0.25, 0.3) is 0 Å². The van der Waals surface area contributed by atoms with Gasteiger partial charge in [-0.3, -0.25) is 4.79 Å². The zero-order valence-electron chi connectivity index (χ0n) is 10.7. The van der Waals surface area contributed by atoms with E-state index >= 15 is 0 Å². The number of carbonyl (C=O) groups excluding carboxylic acids is 2. The molecule has 0 saturated carbocycles. The second kappa shape index (κ2) is 15.1. The Hall–Kier alpha value is -1.39. The van der Waals surface area contributed by atoms with Crippen LogP contribution in [0.2, 0.25) is 0 Å². The Kier molecular flexibility index (Phi) is 19.4. The van der Waals surface area contributed by atoms with Gasteiger partial charge in [0, 0.05) is 21.0 Å². The molecule has 0 aromatic rings. The fourth-order valence-corrected chi connectivity index (χ4v) is 0.183. The Morgan fingerprint density at radius 3 is 1.53 bits per heavy atom. The summed E-state index contributed by atoms with van der Waals surface area (Å²) >= 11 is 0. The molecular formula is C10H22N2O3. The number of hydrogen-bond donors (Lipinski definition) is 0. The van der Waals surface area contributed by atoms with Crippen LogP contribution in [0.25, 0.3) is 0 Å². The highest BCUT2D eigenvalue weighted by molar-refractivity contribution is 5.78. The first-order chi connectivity index (χ1) is 6.83. The first kappa shape index (κ1) is 19.2. The molecule has 0 radical (unpaired) electrons. The first-order valence-electron chi connectivity index (χ1n) is 4.45. The van der Waals surface area contributed by atoms with Gasteiger partial charge in [-0.2, -0.15) is 0 Å². The molecule has 5 heteroatoms. The Morgan fingerprint density at radius 2 is 1.53 bits per heavy atom. The zero-order chi connectivity index (χ0) is 12.9. The van der Waals surface area contributed by atoms with Crippen molar-refractivity contribution in [2.24, 2.45) is 5.16 Å². The van der Waals surface area contributed by atoms with Crippen molar-refractivity contribution in [2.75, 3.05) is 21.2 Å². The number of nitrogens with zero attached hydrogens (tertiary/aromatic N) is 2. The van der Waals surface area contributed by atoms with Crippen LogP contribution in [0.3, 0.4) is 0 Å². The molecule has 1 amide bonds. The van der Waals surface area contributed by atoms with Gasteiger partial charge in [-0.15, -0.1) is 0 Å². The second-order valence-corrected chi connectivity index (χ2v) is 2.87. The van der Waals surface area contributed by atoms with Crippen molar-refractivity contribution in [1.29, 1.82) is 0 Å². The van der Waals surface area contributed by atoms with E-state index in [1.807, 2.05) is 13.8 Å². The summed E-state index contributed by atoms with van der Waals surface area (Å²) in [5, 5.41) is 3.54. The minimum atomic E-state index is 0.0926. The predicted octanol–water partition coefficient (Wildman–Crippen LogP) is 1.33. The molecule has 0 unspecified atom stereocenters. The van der Waals surface area contributed by atoms with Gasteiger partial charge in [-0.1, -0.05) is 5.16 Å². The van der Waals surface area contributed by atoms with E-state index in [9.17, 15) is 4.79 Å². The van der Waals surface area contributed by atoms with Gasteiger partial charge in [0.05, 0.1) is 5.71 Å². The molecule has 0 bridgehead atoms. The Bertz CT molecular complexity index is 185. The number of amides is 1. The van der Waals surface area contributed by atoms with E-state index in [0.717, 1.165) is 12.0 Å². The van der Waals surface area contributed by atoms with E-state index in [1.54, 1.807) is 14.1 Å². The predicted molar refractivity (Wildman–Crippen MR) is 61.9 cm³/mol. The highest BCUT2D eigenvalue weighted by Crippen LogP contribution is 1.71. The largest absolute Gasteiger partial charge is 0.399 e. The summed E-state index contributed by atoms with van der Waals surface area (Å²) in [5.41, 5.74) is 0.942. The molecule has 15 heavy (non-hydrogen) atoms. The Balaban J connectivity index is -0.000000153. The summed E-state index contributed by atoms with van der Waals surface area (Å²) in [7, 11) is 4.98. The molecule has 0 aromatic heterocycles. The fourth-order valence-electron chi connectivity index (χ4n) is 0.183. The lowest BCUT2D eigenvalue weighted by Crippen LogP contribution is -2.17. The van der Waals surface area contributed by atoms with E-state index in [2.05, 4.69) is 9.99 Å². The topological polar surface area (TPSA) is 59.0 Å². The fraction of sp³-hybridized carbons (Fsp3) is 0.700. The third-order valence-electron chi connectivity index (χ3n) is 0.904. The zero-order valence-corrected chi connectivity index (χ0v) is 10.7. The molecule has 0 aliphatic rings. The normalized spacial score (nSPS) is 6.87. The molecule has 0 spiro atoms. The quantitative estimate of drug-likeness (QED) is 0.379. The van der Waals surface area contributed by atoms with Crippen molar-refractivity contribution < 1.29 is 14.4 Å². The van der Waals surface area contributed by atoms with Gasteiger partial charge in [-0.05, 0) is 20.8 Å². The molecule has 0 atom stereocenters. The summed E-state index contributed by atoms with van der Waals surface area (Å²) < 4.78 is 0. The van der Waals surface area contributed by atoms with Crippen LogP contribution in [0.4, 0.5) is 0 Å². The van der Waals surface area contributed by atoms with E-state index in [1.165, 1.54) is 25.9 Å². The molecule has 5 nitrogen and oxygen atoms in total. The van der Waals surface area contributed by atoms with Gasteiger partial charge in [-0.25, -0.2) is 0 Å². The number of oxime groups is 1. The minimum Gasteiger partial charge on any atom is -0.399 e. The first-order valence-corrected chi connectivity index (χ1v) is 4.45. The van der Waals surface area contributed by atoms with Gasteiger partial charge in [0.2, 0.25) is 5.91 Å². The maximum atomic E-state index is 10.1. The third kappa shape index (κ3) is 45.1. The highest BCUT2D eigenvalue weighted by Gasteiger charge is 1.87. The van der Waals surface area contributed by atoms with Crippen LogP contribution in [0.1, 0.15) is 27.7 Å². The molecule has 0 aliphatic carbocycles. The van der Waals surface area contributed by atoms with Gasteiger partial charge in [0.1, 0.15) is 13.4 Å². The summed E-state index contributed by atoms with van der Waals surface area (Å²) in [6.07, 6.45) is 0.750. The second-order valence-electron chi connectivity index (χ2n) is 2.87. The van der Waals surface area contributed by atoms with E-state index in [-0.39, 0.29) is 5.91 Å². The van der Waals surface area contributed by atoms with Crippen LogP contribution in [0.15, 0.2) is 5.16 Å². The lowest BCUT2D eigenvalue weighted by atomic mass is 10.5. The number of aldehydes is 1. The van der Waals surface area contributed by atoms with Gasteiger partial charge < -0.3 is 14.5 Å². The number of carbonyl (C=O) groups is 2. The molecule has 0 N–H and O–H groups in total. The number of hydrogen-bond acceptors (Lipinski definition) is 4. The van der Waals surface area contributed by atoms with Gasteiger partial charge >= 0.3 is 0 Å². The van der Waals surface area contributed by atoms with E-state index in [4.69, 9.17) is 4.79 Å². The van der Waals surface area contributed by atoms with Crippen LogP contribution in [0, 0.1) is 0 Å². The highest BCUT2D eigenvalue weighted by atomic mass is 16.6. The van der Waals surface area contributed by atoms with Crippen molar-refractivity contribution in [1.82, 2.24) is 4.90 Å². The van der Waals surface area contributed by atoms with Crippen molar-refractivity contribution in [3.63, 3.8) is 0 Å². The third-order valence-corrected chi connectivity index (χ3v) is 0.904. The van der Waals surface area contributed by atoms with E-state index in [0.29, 0.717) is 0 Å². The molecule has 0 aromatic carbocycles. The Labute approximate surface area is 92.1 Å². The lowest BCUT2D eigenvalue weighted by Gasteiger charge is -2.02. The van der Waals surface area contributed by atoms with Crippen molar-refractivity contribution in [3.8, 4) is 0 Å². The Morgan fingerprint density at radius 1 is 1.27 bits per heavy atom. The minimum absolute atomic E-state index is 0.0926. The van der Waals surface area contributed by atoms with E-state index < -0.39 is 0 Å². The summed E-state index contributed by atoms with van der Waals surface area (Å²) in [4.78, 5) is 24.8. The summed E-state index contributed by atoms with van der Waals surface area (Å²) in [6.45, 7) is 6.73. The van der Waals surface area contributed by atoms with Crippen molar-refractivity contribution in [3.05, 3.63) is 0 Å². The average molecular weight is 218 g/mol. The molecule has 90 valence electrons. The molecular weight excluding hydrogens is 196 g/mol.